The van der Waals surface area contributed by atoms with Crippen molar-refractivity contribution in [2.24, 2.45) is 0 Å². The van der Waals surface area contributed by atoms with E-state index in [-0.39, 0.29) is 0 Å². The molecule has 3 aromatic carbocycles. The van der Waals surface area contributed by atoms with E-state index in [1.807, 2.05) is 11.8 Å². The number of benzene rings is 3. The number of hydrogen-bond donors (Lipinski definition) is 0. The summed E-state index contributed by atoms with van der Waals surface area (Å²) in [5.74, 6) is 0. The molecule has 1 fully saturated rings. The maximum Gasteiger partial charge on any atom is 0.0553 e. The molecule has 0 N–H and O–H groups in total. The van der Waals surface area contributed by atoms with Crippen molar-refractivity contribution in [1.29, 1.82) is 0 Å². The Labute approximate surface area is 177 Å². The highest BCUT2D eigenvalue weighted by Crippen LogP contribution is 2.47. The van der Waals surface area contributed by atoms with Crippen molar-refractivity contribution in [2.45, 2.75) is 22.8 Å². The molecule has 1 atom stereocenters. The number of rotatable bonds is 4. The Kier molecular flexibility index (Phi) is 5.21. The third-order valence-corrected chi connectivity index (χ3v) is 7.17. The third-order valence-electron chi connectivity index (χ3n) is 6.04. The summed E-state index contributed by atoms with van der Waals surface area (Å²) in [6.45, 7) is 7.81. The minimum Gasteiger partial charge on any atom is -0.369 e. The lowest BCUT2D eigenvalue weighted by Gasteiger charge is -2.42. The van der Waals surface area contributed by atoms with Crippen LogP contribution in [0.1, 0.15) is 6.92 Å². The van der Waals surface area contributed by atoms with E-state index in [0.717, 1.165) is 32.7 Å². The Bertz CT molecular complexity index is 921. The highest BCUT2D eigenvalue weighted by molar-refractivity contribution is 7.99. The van der Waals surface area contributed by atoms with Crippen molar-refractivity contribution in [3.8, 4) is 0 Å². The lowest BCUT2D eigenvalue weighted by Crippen LogP contribution is -2.52. The average Bonchev–Trinajstić information content (AvgIpc) is 2.79. The lowest BCUT2D eigenvalue weighted by molar-refractivity contribution is 0.201. The standard InChI is InChI=1S/C25H27N3S/c1-20(26-15-17-27(18-16-26)21-9-3-2-4-10-21)19-28-22-11-5-7-13-24(22)29-25-14-8-6-12-23(25)28/h2-14,20H,15-19H2,1H3. The summed E-state index contributed by atoms with van der Waals surface area (Å²) in [4.78, 5) is 10.4. The van der Waals surface area contributed by atoms with Gasteiger partial charge in [0.05, 0.1) is 11.4 Å². The second-order valence-corrected chi connectivity index (χ2v) is 8.94. The molecule has 4 heteroatoms. The summed E-state index contributed by atoms with van der Waals surface area (Å²) in [6.07, 6.45) is 0. The van der Waals surface area contributed by atoms with Crippen LogP contribution < -0.4 is 9.80 Å². The molecule has 1 unspecified atom stereocenters. The molecule has 1 saturated heterocycles. The van der Waals surface area contributed by atoms with Gasteiger partial charge in [0.2, 0.25) is 0 Å². The largest absolute Gasteiger partial charge is 0.369 e. The second kappa shape index (κ2) is 8.13. The maximum atomic E-state index is 2.65. The molecule has 2 aliphatic rings. The predicted octanol–water partition coefficient (Wildman–Crippen LogP) is 5.50. The summed E-state index contributed by atoms with van der Waals surface area (Å²) in [5, 5.41) is 0. The first-order chi connectivity index (χ1) is 14.3. The van der Waals surface area contributed by atoms with E-state index in [0.29, 0.717) is 6.04 Å². The van der Waals surface area contributed by atoms with Gasteiger partial charge in [-0.2, -0.15) is 0 Å². The summed E-state index contributed by atoms with van der Waals surface area (Å²) in [5.41, 5.74) is 4.02. The Hall–Kier alpha value is -2.43. The van der Waals surface area contributed by atoms with E-state index in [9.17, 15) is 0 Å². The van der Waals surface area contributed by atoms with Crippen LogP contribution in [-0.2, 0) is 0 Å². The fourth-order valence-corrected chi connectivity index (χ4v) is 5.51. The van der Waals surface area contributed by atoms with E-state index in [2.05, 4.69) is 100 Å². The molecule has 2 heterocycles. The highest BCUT2D eigenvalue weighted by Gasteiger charge is 2.27. The molecule has 0 radical (unpaired) electrons. The SMILES string of the molecule is CC(CN1c2ccccc2Sc2ccccc21)N1CCN(c2ccccc2)CC1. The molecule has 148 valence electrons. The quantitative estimate of drug-likeness (QED) is 0.571. The molecule has 0 aromatic heterocycles. The van der Waals surface area contributed by atoms with Gasteiger partial charge in [0.15, 0.2) is 0 Å². The molecule has 29 heavy (non-hydrogen) atoms. The predicted molar refractivity (Wildman–Crippen MR) is 124 cm³/mol. The van der Waals surface area contributed by atoms with Crippen molar-refractivity contribution >= 4 is 28.8 Å². The molecule has 3 nitrogen and oxygen atoms in total. The summed E-state index contributed by atoms with van der Waals surface area (Å²) in [6, 6.07) is 28.9. The zero-order valence-electron chi connectivity index (χ0n) is 16.9. The van der Waals surface area contributed by atoms with Crippen LogP contribution in [0, 0.1) is 0 Å². The van der Waals surface area contributed by atoms with Gasteiger partial charge >= 0.3 is 0 Å². The van der Waals surface area contributed by atoms with Crippen LogP contribution in [0.5, 0.6) is 0 Å². The second-order valence-electron chi connectivity index (χ2n) is 7.86. The van der Waals surface area contributed by atoms with Gasteiger partial charge in [-0.3, -0.25) is 4.90 Å². The summed E-state index contributed by atoms with van der Waals surface area (Å²) in [7, 11) is 0. The Morgan fingerprint density at radius 1 is 0.724 bits per heavy atom. The molecule has 0 amide bonds. The highest BCUT2D eigenvalue weighted by atomic mass is 32.2. The first kappa shape index (κ1) is 18.6. The average molecular weight is 402 g/mol. The van der Waals surface area contributed by atoms with Crippen molar-refractivity contribution in [3.63, 3.8) is 0 Å². The van der Waals surface area contributed by atoms with Gasteiger partial charge in [-0.25, -0.2) is 0 Å². The van der Waals surface area contributed by atoms with E-state index in [4.69, 9.17) is 0 Å². The molecule has 0 spiro atoms. The molecule has 0 aliphatic carbocycles. The van der Waals surface area contributed by atoms with Crippen molar-refractivity contribution in [3.05, 3.63) is 78.9 Å². The van der Waals surface area contributed by atoms with E-state index in [1.54, 1.807) is 0 Å². The zero-order valence-corrected chi connectivity index (χ0v) is 17.7. The van der Waals surface area contributed by atoms with E-state index >= 15 is 0 Å². The minimum atomic E-state index is 0.497. The first-order valence-electron chi connectivity index (χ1n) is 10.5. The fourth-order valence-electron chi connectivity index (χ4n) is 4.42. The van der Waals surface area contributed by atoms with Crippen molar-refractivity contribution in [1.82, 2.24) is 4.90 Å². The number of fused-ring (bicyclic) bond motifs is 2. The molecule has 0 bridgehead atoms. The van der Waals surface area contributed by atoms with Crippen LogP contribution in [-0.4, -0.2) is 43.7 Å². The van der Waals surface area contributed by atoms with Crippen LogP contribution in [0.2, 0.25) is 0 Å². The topological polar surface area (TPSA) is 9.72 Å². The van der Waals surface area contributed by atoms with Gasteiger partial charge in [-0.15, -0.1) is 0 Å². The van der Waals surface area contributed by atoms with Gasteiger partial charge in [-0.1, -0.05) is 54.2 Å². The van der Waals surface area contributed by atoms with Gasteiger partial charge in [-0.05, 0) is 43.3 Å². The van der Waals surface area contributed by atoms with Crippen molar-refractivity contribution in [2.75, 3.05) is 42.5 Å². The van der Waals surface area contributed by atoms with E-state index in [1.165, 1.54) is 26.9 Å². The van der Waals surface area contributed by atoms with Crippen LogP contribution in [0.3, 0.4) is 0 Å². The van der Waals surface area contributed by atoms with Crippen LogP contribution in [0.15, 0.2) is 88.7 Å². The Morgan fingerprint density at radius 2 is 1.28 bits per heavy atom. The molecular weight excluding hydrogens is 374 g/mol. The smallest absolute Gasteiger partial charge is 0.0553 e. The molecule has 2 aliphatic heterocycles. The Balaban J connectivity index is 1.31. The van der Waals surface area contributed by atoms with Crippen molar-refractivity contribution < 1.29 is 0 Å². The molecule has 3 aromatic rings. The summed E-state index contributed by atoms with van der Waals surface area (Å²) < 4.78 is 0. The number of nitrogens with zero attached hydrogens (tertiary/aromatic N) is 3. The third kappa shape index (κ3) is 3.75. The zero-order chi connectivity index (χ0) is 19.6. The molecule has 5 rings (SSSR count). The first-order valence-corrected chi connectivity index (χ1v) is 11.3. The fraction of sp³-hybridized carbons (Fsp3) is 0.280. The van der Waals surface area contributed by atoms with Gasteiger partial charge in [0.25, 0.3) is 0 Å². The number of para-hydroxylation sites is 3. The van der Waals surface area contributed by atoms with E-state index < -0.39 is 0 Å². The minimum absolute atomic E-state index is 0.497. The lowest BCUT2D eigenvalue weighted by atomic mass is 10.1. The summed E-state index contributed by atoms with van der Waals surface area (Å²) >= 11 is 1.88. The number of piperazine rings is 1. The number of anilines is 3. The molecule has 0 saturated carbocycles. The van der Waals surface area contributed by atoms with Crippen LogP contribution in [0.4, 0.5) is 17.1 Å². The maximum absolute atomic E-state index is 2.65. The molecular formula is C25H27N3S. The van der Waals surface area contributed by atoms with Gasteiger partial charge in [0.1, 0.15) is 0 Å². The number of hydrogen-bond acceptors (Lipinski definition) is 4. The monoisotopic (exact) mass is 401 g/mol. The van der Waals surface area contributed by atoms with Crippen LogP contribution >= 0.6 is 11.8 Å². The normalized spacial score (nSPS) is 17.6. The Morgan fingerprint density at radius 3 is 1.90 bits per heavy atom. The van der Waals surface area contributed by atoms with Crippen LogP contribution in [0.25, 0.3) is 0 Å². The van der Waals surface area contributed by atoms with Gasteiger partial charge < -0.3 is 9.80 Å². The van der Waals surface area contributed by atoms with Gasteiger partial charge in [0, 0.05) is 54.2 Å².